The second-order valence-electron chi connectivity index (χ2n) is 7.89. The van der Waals surface area contributed by atoms with Crippen molar-refractivity contribution in [3.05, 3.63) is 98.5 Å². The zero-order chi connectivity index (χ0) is 23.9. The number of carbonyl (C=O) groups is 2. The zero-order valence-electron chi connectivity index (χ0n) is 18.2. The molecule has 1 saturated heterocycles. The second-order valence-corrected chi connectivity index (χ2v) is 8.73. The maximum Gasteiger partial charge on any atom is 0.300 e. The monoisotopic (exact) mass is 481 g/mol. The summed E-state index contributed by atoms with van der Waals surface area (Å²) in [6, 6.07) is 16.8. The molecule has 1 atom stereocenters. The van der Waals surface area contributed by atoms with Gasteiger partial charge in [-0.1, -0.05) is 65.2 Å². The van der Waals surface area contributed by atoms with Gasteiger partial charge >= 0.3 is 0 Å². The predicted molar refractivity (Wildman–Crippen MR) is 130 cm³/mol. The van der Waals surface area contributed by atoms with Crippen LogP contribution in [0.5, 0.6) is 5.75 Å². The number of ketones is 1. The molecule has 0 spiro atoms. The van der Waals surface area contributed by atoms with Gasteiger partial charge in [0.25, 0.3) is 11.7 Å². The van der Waals surface area contributed by atoms with Crippen molar-refractivity contribution < 1.29 is 19.4 Å². The van der Waals surface area contributed by atoms with E-state index in [0.717, 1.165) is 11.1 Å². The van der Waals surface area contributed by atoms with Gasteiger partial charge in [0.05, 0.1) is 29.3 Å². The summed E-state index contributed by atoms with van der Waals surface area (Å²) in [7, 11) is 1.40. The molecule has 3 aromatic rings. The predicted octanol–water partition coefficient (Wildman–Crippen LogP) is 6.25. The highest BCUT2D eigenvalue weighted by Crippen LogP contribution is 2.45. The minimum Gasteiger partial charge on any atom is -0.507 e. The van der Waals surface area contributed by atoms with E-state index in [1.807, 2.05) is 56.3 Å². The van der Waals surface area contributed by atoms with E-state index in [0.29, 0.717) is 11.3 Å². The van der Waals surface area contributed by atoms with Gasteiger partial charge in [0.2, 0.25) is 0 Å². The molecule has 1 unspecified atom stereocenters. The quantitative estimate of drug-likeness (QED) is 0.271. The first-order valence-corrected chi connectivity index (χ1v) is 11.0. The number of hydrogen-bond donors (Lipinski definition) is 1. The number of aryl methyl sites for hydroxylation is 2. The smallest absolute Gasteiger partial charge is 0.300 e. The number of methoxy groups -OCH3 is 1. The van der Waals surface area contributed by atoms with Gasteiger partial charge in [0.15, 0.2) is 0 Å². The fraction of sp³-hybridized carbons (Fsp3) is 0.154. The van der Waals surface area contributed by atoms with E-state index in [9.17, 15) is 14.7 Å². The number of aliphatic hydroxyl groups excluding tert-OH is 1. The normalized spacial score (nSPS) is 17.5. The number of rotatable bonds is 4. The molecule has 1 aliphatic heterocycles. The number of hydrogen-bond acceptors (Lipinski definition) is 4. The molecule has 0 aromatic heterocycles. The molecular weight excluding hydrogens is 461 g/mol. The Hall–Kier alpha value is -3.28. The lowest BCUT2D eigenvalue weighted by atomic mass is 9.94. The van der Waals surface area contributed by atoms with Gasteiger partial charge in [-0.2, -0.15) is 0 Å². The number of anilines is 1. The van der Waals surface area contributed by atoms with E-state index in [2.05, 4.69) is 0 Å². The van der Waals surface area contributed by atoms with Crippen LogP contribution in [0, 0.1) is 13.8 Å². The third kappa shape index (κ3) is 4.10. The van der Waals surface area contributed by atoms with Crippen molar-refractivity contribution in [2.45, 2.75) is 19.9 Å². The van der Waals surface area contributed by atoms with Crippen molar-refractivity contribution in [1.29, 1.82) is 0 Å². The van der Waals surface area contributed by atoms with Gasteiger partial charge in [-0.3, -0.25) is 14.5 Å². The SMILES string of the molecule is COc1c(Cl)cc(Cl)cc1/C(O)=C1\C(=O)C(=O)N(c2cccc(C)c2)C1c1cccc(C)c1. The van der Waals surface area contributed by atoms with Crippen LogP contribution in [-0.4, -0.2) is 23.9 Å². The molecule has 0 radical (unpaired) electrons. The second kappa shape index (κ2) is 8.93. The molecular formula is C26H21Cl2NO4. The summed E-state index contributed by atoms with van der Waals surface area (Å²) in [5.74, 6) is -1.79. The Labute approximate surface area is 201 Å². The Morgan fingerprint density at radius 1 is 0.970 bits per heavy atom. The van der Waals surface area contributed by atoms with Gasteiger partial charge < -0.3 is 9.84 Å². The topological polar surface area (TPSA) is 66.8 Å². The average Bonchev–Trinajstić information content (AvgIpc) is 3.03. The summed E-state index contributed by atoms with van der Waals surface area (Å²) in [5, 5.41) is 11.8. The van der Waals surface area contributed by atoms with Gasteiger partial charge in [-0.05, 0) is 49.2 Å². The summed E-state index contributed by atoms with van der Waals surface area (Å²) in [6.45, 7) is 3.82. The van der Waals surface area contributed by atoms with E-state index >= 15 is 0 Å². The van der Waals surface area contributed by atoms with Crippen LogP contribution in [-0.2, 0) is 9.59 Å². The molecule has 1 N–H and O–H groups in total. The van der Waals surface area contributed by atoms with Gasteiger partial charge in [0.1, 0.15) is 11.5 Å². The van der Waals surface area contributed by atoms with Crippen LogP contribution in [0.3, 0.4) is 0 Å². The molecule has 33 heavy (non-hydrogen) atoms. The van der Waals surface area contributed by atoms with Crippen LogP contribution in [0.1, 0.15) is 28.3 Å². The summed E-state index contributed by atoms with van der Waals surface area (Å²) in [6.07, 6.45) is 0. The molecule has 0 saturated carbocycles. The third-order valence-corrected chi connectivity index (χ3v) is 6.05. The van der Waals surface area contributed by atoms with Crippen molar-refractivity contribution in [3.8, 4) is 5.75 Å². The molecule has 0 aliphatic carbocycles. The highest BCUT2D eigenvalue weighted by Gasteiger charge is 2.47. The van der Waals surface area contributed by atoms with E-state index in [4.69, 9.17) is 27.9 Å². The minimum absolute atomic E-state index is 0.0660. The number of nitrogens with zero attached hydrogens (tertiary/aromatic N) is 1. The highest BCUT2D eigenvalue weighted by atomic mass is 35.5. The summed E-state index contributed by atoms with van der Waals surface area (Å²) < 4.78 is 5.37. The Kier molecular flexibility index (Phi) is 6.19. The first-order valence-electron chi connectivity index (χ1n) is 10.2. The zero-order valence-corrected chi connectivity index (χ0v) is 19.7. The fourth-order valence-corrected chi connectivity index (χ4v) is 4.69. The maximum absolute atomic E-state index is 13.3. The molecule has 1 fully saturated rings. The summed E-state index contributed by atoms with van der Waals surface area (Å²) in [5.41, 5.74) is 3.19. The van der Waals surface area contributed by atoms with E-state index in [-0.39, 0.29) is 26.9 Å². The molecule has 7 heteroatoms. The molecule has 0 bridgehead atoms. The van der Waals surface area contributed by atoms with Crippen LogP contribution < -0.4 is 9.64 Å². The van der Waals surface area contributed by atoms with Crippen LogP contribution in [0.15, 0.2) is 66.2 Å². The van der Waals surface area contributed by atoms with Crippen molar-refractivity contribution in [3.63, 3.8) is 0 Å². The number of amides is 1. The molecule has 1 heterocycles. The van der Waals surface area contributed by atoms with E-state index < -0.39 is 23.5 Å². The van der Waals surface area contributed by atoms with Gasteiger partial charge in [-0.15, -0.1) is 0 Å². The Balaban J connectivity index is 2.02. The van der Waals surface area contributed by atoms with Gasteiger partial charge in [-0.25, -0.2) is 0 Å². The average molecular weight is 482 g/mol. The first-order chi connectivity index (χ1) is 15.7. The van der Waals surface area contributed by atoms with Crippen LogP contribution in [0.25, 0.3) is 5.76 Å². The van der Waals surface area contributed by atoms with Crippen LogP contribution in [0.2, 0.25) is 10.0 Å². The van der Waals surface area contributed by atoms with E-state index in [1.165, 1.54) is 24.1 Å². The Morgan fingerprint density at radius 2 is 1.64 bits per heavy atom. The lowest BCUT2D eigenvalue weighted by molar-refractivity contribution is -0.132. The third-order valence-electron chi connectivity index (χ3n) is 5.55. The Morgan fingerprint density at radius 3 is 2.27 bits per heavy atom. The summed E-state index contributed by atoms with van der Waals surface area (Å²) in [4.78, 5) is 28.0. The van der Waals surface area contributed by atoms with Crippen molar-refractivity contribution in [2.75, 3.05) is 12.0 Å². The summed E-state index contributed by atoms with van der Waals surface area (Å²) >= 11 is 12.4. The first kappa shape index (κ1) is 22.9. The van der Waals surface area contributed by atoms with Crippen molar-refractivity contribution >= 4 is 46.3 Å². The van der Waals surface area contributed by atoms with Crippen molar-refractivity contribution in [1.82, 2.24) is 0 Å². The fourth-order valence-electron chi connectivity index (χ4n) is 4.12. The number of Topliss-reactive ketones (excluding diaryl/α,β-unsaturated/α-hetero) is 1. The number of benzene rings is 3. The lowest BCUT2D eigenvalue weighted by Crippen LogP contribution is -2.29. The van der Waals surface area contributed by atoms with Crippen molar-refractivity contribution in [2.24, 2.45) is 0 Å². The van der Waals surface area contributed by atoms with E-state index in [1.54, 1.807) is 6.07 Å². The lowest BCUT2D eigenvalue weighted by Gasteiger charge is -2.26. The maximum atomic E-state index is 13.3. The Bertz CT molecular complexity index is 1320. The number of aliphatic hydroxyl groups is 1. The number of halogens is 2. The minimum atomic E-state index is -0.853. The molecule has 5 nitrogen and oxygen atoms in total. The molecule has 168 valence electrons. The molecule has 3 aromatic carbocycles. The standard InChI is InChI=1S/C26H21Cl2NO4/c1-14-6-4-8-16(10-14)22-21(23(30)19-12-17(27)13-20(28)25(19)33-3)24(31)26(32)29(22)18-9-5-7-15(2)11-18/h4-13,22,30H,1-3H3/b23-21+. The molecule has 4 rings (SSSR count). The van der Waals surface area contributed by atoms with Gasteiger partial charge in [0, 0.05) is 10.7 Å². The largest absolute Gasteiger partial charge is 0.507 e. The van der Waals surface area contributed by atoms with Crippen LogP contribution >= 0.6 is 23.2 Å². The molecule has 1 amide bonds. The number of carbonyl (C=O) groups excluding carboxylic acids is 2. The highest BCUT2D eigenvalue weighted by molar-refractivity contribution is 6.52. The number of ether oxygens (including phenoxy) is 1. The van der Waals surface area contributed by atoms with Crippen LogP contribution in [0.4, 0.5) is 5.69 Å². The molecule has 1 aliphatic rings.